The largest absolute Gasteiger partial charge is 0.398 e. The maximum atomic E-state index is 13.4. The molecule has 94 valence electrons. The molecule has 0 amide bonds. The van der Waals surface area contributed by atoms with Gasteiger partial charge < -0.3 is 11.1 Å². The lowest BCUT2D eigenvalue weighted by Crippen LogP contribution is -2.03. The van der Waals surface area contributed by atoms with Gasteiger partial charge in [-0.3, -0.25) is 0 Å². The van der Waals surface area contributed by atoms with Gasteiger partial charge in [0.05, 0.1) is 0 Å². The topological polar surface area (TPSA) is 38.0 Å². The Morgan fingerprint density at radius 1 is 1.11 bits per heavy atom. The molecule has 3 N–H and O–H groups in total. The highest BCUT2D eigenvalue weighted by atomic mass is 19.1. The average molecular weight is 248 g/mol. The van der Waals surface area contributed by atoms with Crippen LogP contribution in [0.15, 0.2) is 36.4 Å². The van der Waals surface area contributed by atoms with E-state index in [1.54, 1.807) is 6.07 Å². The molecule has 2 rings (SSSR count). The number of rotatable bonds is 3. The minimum atomic E-state index is -0.448. The van der Waals surface area contributed by atoms with Gasteiger partial charge in [0.15, 0.2) is 0 Å². The molecule has 0 fully saturated rings. The van der Waals surface area contributed by atoms with Crippen LogP contribution in [-0.2, 0) is 6.54 Å². The first-order valence-electron chi connectivity index (χ1n) is 5.60. The number of hydrogen-bond acceptors (Lipinski definition) is 2. The monoisotopic (exact) mass is 248 g/mol. The van der Waals surface area contributed by atoms with Crippen molar-refractivity contribution in [2.45, 2.75) is 13.5 Å². The standard InChI is InChI=1S/C14H14F2N2/c1-9-2-4-12(7-14(9)17)18-8-10-6-11(15)3-5-13(10)16/h2-7,18H,8,17H2,1H3. The smallest absolute Gasteiger partial charge is 0.128 e. The van der Waals surface area contributed by atoms with Crippen molar-refractivity contribution in [2.75, 3.05) is 11.1 Å². The Balaban J connectivity index is 2.11. The summed E-state index contributed by atoms with van der Waals surface area (Å²) in [7, 11) is 0. The Bertz CT molecular complexity index is 568. The SMILES string of the molecule is Cc1ccc(NCc2cc(F)ccc2F)cc1N. The van der Waals surface area contributed by atoms with Gasteiger partial charge in [-0.15, -0.1) is 0 Å². The highest BCUT2D eigenvalue weighted by Crippen LogP contribution is 2.18. The van der Waals surface area contributed by atoms with Crippen LogP contribution in [0.2, 0.25) is 0 Å². The summed E-state index contributed by atoms with van der Waals surface area (Å²) >= 11 is 0. The fourth-order valence-electron chi connectivity index (χ4n) is 1.63. The van der Waals surface area contributed by atoms with E-state index in [2.05, 4.69) is 5.32 Å². The zero-order valence-corrected chi connectivity index (χ0v) is 10.0. The Kier molecular flexibility index (Phi) is 3.46. The van der Waals surface area contributed by atoms with Gasteiger partial charge in [0.2, 0.25) is 0 Å². The molecule has 2 aromatic rings. The molecular formula is C14H14F2N2. The minimum Gasteiger partial charge on any atom is -0.398 e. The van der Waals surface area contributed by atoms with Crippen molar-refractivity contribution in [3.8, 4) is 0 Å². The molecule has 0 radical (unpaired) electrons. The Hall–Kier alpha value is -2.10. The van der Waals surface area contributed by atoms with Crippen LogP contribution >= 0.6 is 0 Å². The first kappa shape index (κ1) is 12.4. The molecule has 0 aliphatic rings. The normalized spacial score (nSPS) is 10.4. The summed E-state index contributed by atoms with van der Waals surface area (Å²) in [4.78, 5) is 0. The second kappa shape index (κ2) is 5.04. The molecule has 2 aromatic carbocycles. The van der Waals surface area contributed by atoms with Gasteiger partial charge in [0.25, 0.3) is 0 Å². The van der Waals surface area contributed by atoms with Crippen molar-refractivity contribution in [1.82, 2.24) is 0 Å². The molecule has 2 nitrogen and oxygen atoms in total. The number of nitrogens with two attached hydrogens (primary N) is 1. The van der Waals surface area contributed by atoms with Crippen LogP contribution in [0.4, 0.5) is 20.2 Å². The lowest BCUT2D eigenvalue weighted by Gasteiger charge is -2.09. The molecule has 0 aliphatic heterocycles. The summed E-state index contributed by atoms with van der Waals surface area (Å²) < 4.78 is 26.4. The third-order valence-corrected chi connectivity index (χ3v) is 2.77. The number of aryl methyl sites for hydroxylation is 1. The second-order valence-corrected chi connectivity index (χ2v) is 4.16. The van der Waals surface area contributed by atoms with Crippen molar-refractivity contribution in [1.29, 1.82) is 0 Å². The number of anilines is 2. The van der Waals surface area contributed by atoms with Gasteiger partial charge in [-0.1, -0.05) is 6.07 Å². The number of nitrogen functional groups attached to an aromatic ring is 1. The molecule has 0 atom stereocenters. The molecule has 0 heterocycles. The van der Waals surface area contributed by atoms with E-state index >= 15 is 0 Å². The van der Waals surface area contributed by atoms with Crippen LogP contribution in [0.3, 0.4) is 0 Å². The van der Waals surface area contributed by atoms with E-state index in [9.17, 15) is 8.78 Å². The summed E-state index contributed by atoms with van der Waals surface area (Å²) in [6.45, 7) is 2.12. The van der Waals surface area contributed by atoms with E-state index in [1.165, 1.54) is 6.07 Å². The zero-order chi connectivity index (χ0) is 13.1. The predicted molar refractivity (Wildman–Crippen MR) is 69.3 cm³/mol. The Morgan fingerprint density at radius 2 is 1.89 bits per heavy atom. The number of halogens is 2. The van der Waals surface area contributed by atoms with Crippen LogP contribution in [0.25, 0.3) is 0 Å². The van der Waals surface area contributed by atoms with E-state index in [0.29, 0.717) is 5.69 Å². The van der Waals surface area contributed by atoms with Crippen molar-refractivity contribution in [3.63, 3.8) is 0 Å². The van der Waals surface area contributed by atoms with E-state index in [1.807, 2.05) is 19.1 Å². The molecule has 0 aliphatic carbocycles. The third kappa shape index (κ3) is 2.77. The molecule has 0 spiro atoms. The molecule has 0 aromatic heterocycles. The van der Waals surface area contributed by atoms with Gasteiger partial charge in [0, 0.05) is 23.5 Å². The second-order valence-electron chi connectivity index (χ2n) is 4.16. The number of hydrogen-bond donors (Lipinski definition) is 2. The first-order valence-corrected chi connectivity index (χ1v) is 5.60. The third-order valence-electron chi connectivity index (χ3n) is 2.77. The number of nitrogens with one attached hydrogen (secondary N) is 1. The molecule has 0 saturated carbocycles. The van der Waals surface area contributed by atoms with Crippen LogP contribution in [0.1, 0.15) is 11.1 Å². The van der Waals surface area contributed by atoms with Crippen molar-refractivity contribution < 1.29 is 8.78 Å². The fourth-order valence-corrected chi connectivity index (χ4v) is 1.63. The Labute approximate surface area is 104 Å². The molecular weight excluding hydrogens is 234 g/mol. The van der Waals surface area contributed by atoms with Gasteiger partial charge in [-0.25, -0.2) is 8.78 Å². The lowest BCUT2D eigenvalue weighted by atomic mass is 10.1. The average Bonchev–Trinajstić information content (AvgIpc) is 2.34. The summed E-state index contributed by atoms with van der Waals surface area (Å²) in [5.41, 5.74) is 8.49. The van der Waals surface area contributed by atoms with Gasteiger partial charge in [-0.2, -0.15) is 0 Å². The zero-order valence-electron chi connectivity index (χ0n) is 10.0. The molecule has 0 bridgehead atoms. The van der Waals surface area contributed by atoms with E-state index in [4.69, 9.17) is 5.73 Å². The quantitative estimate of drug-likeness (QED) is 0.816. The van der Waals surface area contributed by atoms with Gasteiger partial charge >= 0.3 is 0 Å². The van der Waals surface area contributed by atoms with Crippen LogP contribution in [0, 0.1) is 18.6 Å². The van der Waals surface area contributed by atoms with Gasteiger partial charge in [0.1, 0.15) is 11.6 Å². The maximum absolute atomic E-state index is 13.4. The van der Waals surface area contributed by atoms with E-state index in [0.717, 1.165) is 23.4 Å². The minimum absolute atomic E-state index is 0.214. The fraction of sp³-hybridized carbons (Fsp3) is 0.143. The van der Waals surface area contributed by atoms with Gasteiger partial charge in [-0.05, 0) is 42.8 Å². The highest BCUT2D eigenvalue weighted by Gasteiger charge is 2.04. The van der Waals surface area contributed by atoms with Crippen LogP contribution in [-0.4, -0.2) is 0 Å². The molecule has 0 saturated heterocycles. The van der Waals surface area contributed by atoms with E-state index < -0.39 is 11.6 Å². The summed E-state index contributed by atoms with van der Waals surface area (Å²) in [6, 6.07) is 8.90. The molecule has 4 heteroatoms. The maximum Gasteiger partial charge on any atom is 0.128 e. The summed E-state index contributed by atoms with van der Waals surface area (Å²) in [5.74, 6) is -0.874. The Morgan fingerprint density at radius 3 is 2.61 bits per heavy atom. The van der Waals surface area contributed by atoms with Crippen molar-refractivity contribution in [2.24, 2.45) is 0 Å². The highest BCUT2D eigenvalue weighted by molar-refractivity contribution is 5.58. The lowest BCUT2D eigenvalue weighted by molar-refractivity contribution is 0.587. The molecule has 18 heavy (non-hydrogen) atoms. The van der Waals surface area contributed by atoms with E-state index in [-0.39, 0.29) is 12.1 Å². The van der Waals surface area contributed by atoms with Crippen LogP contribution < -0.4 is 11.1 Å². The summed E-state index contributed by atoms with van der Waals surface area (Å²) in [6.07, 6.45) is 0. The summed E-state index contributed by atoms with van der Waals surface area (Å²) in [5, 5.41) is 3.01. The van der Waals surface area contributed by atoms with Crippen molar-refractivity contribution >= 4 is 11.4 Å². The number of benzene rings is 2. The van der Waals surface area contributed by atoms with Crippen molar-refractivity contribution in [3.05, 3.63) is 59.2 Å². The van der Waals surface area contributed by atoms with Crippen LogP contribution in [0.5, 0.6) is 0 Å². The first-order chi connectivity index (χ1) is 8.56. The predicted octanol–water partition coefficient (Wildman–Crippen LogP) is 3.47. The molecule has 0 unspecified atom stereocenters.